The summed E-state index contributed by atoms with van der Waals surface area (Å²) in [4.78, 5) is 29.9. The van der Waals surface area contributed by atoms with Gasteiger partial charge in [0.2, 0.25) is 5.43 Å². The monoisotopic (exact) mass is 377 g/mol. The Hall–Kier alpha value is -3.28. The van der Waals surface area contributed by atoms with Crippen LogP contribution in [-0.2, 0) is 7.05 Å². The molecule has 144 valence electrons. The van der Waals surface area contributed by atoms with Gasteiger partial charge in [-0.1, -0.05) is 12.1 Å². The van der Waals surface area contributed by atoms with Crippen molar-refractivity contribution in [3.63, 3.8) is 0 Å². The minimum atomic E-state index is -0.198. The summed E-state index contributed by atoms with van der Waals surface area (Å²) in [6.45, 7) is 2.62. The first-order valence-electron chi connectivity index (χ1n) is 9.35. The first-order valence-corrected chi connectivity index (χ1v) is 9.35. The fourth-order valence-electron chi connectivity index (χ4n) is 3.72. The highest BCUT2D eigenvalue weighted by Crippen LogP contribution is 2.21. The summed E-state index contributed by atoms with van der Waals surface area (Å²) in [6, 6.07) is 15.3. The van der Waals surface area contributed by atoms with Crippen molar-refractivity contribution in [2.45, 2.75) is 0 Å². The van der Waals surface area contributed by atoms with Crippen molar-refractivity contribution in [2.24, 2.45) is 7.05 Å². The number of hydrogen-bond acceptors (Lipinski definition) is 4. The summed E-state index contributed by atoms with van der Waals surface area (Å²) < 4.78 is 7.05. The molecule has 1 saturated heterocycles. The van der Waals surface area contributed by atoms with Crippen molar-refractivity contribution in [2.75, 3.05) is 38.2 Å². The number of aryl methyl sites for hydroxylation is 1. The lowest BCUT2D eigenvalue weighted by molar-refractivity contribution is 0.0745. The molecule has 0 atom stereocenters. The third-order valence-electron chi connectivity index (χ3n) is 5.33. The van der Waals surface area contributed by atoms with E-state index in [4.69, 9.17) is 4.74 Å². The van der Waals surface area contributed by atoms with Crippen LogP contribution in [0.3, 0.4) is 0 Å². The number of ether oxygens (including phenoxy) is 1. The Balaban J connectivity index is 1.52. The van der Waals surface area contributed by atoms with Gasteiger partial charge in [-0.3, -0.25) is 9.59 Å². The lowest BCUT2D eigenvalue weighted by Gasteiger charge is -2.36. The second-order valence-electron chi connectivity index (χ2n) is 6.98. The van der Waals surface area contributed by atoms with E-state index in [2.05, 4.69) is 4.90 Å². The van der Waals surface area contributed by atoms with Crippen LogP contribution in [0.15, 0.2) is 59.5 Å². The van der Waals surface area contributed by atoms with Crippen LogP contribution in [0.1, 0.15) is 10.4 Å². The molecule has 0 saturated carbocycles. The number of rotatable bonds is 3. The Morgan fingerprint density at radius 2 is 1.64 bits per heavy atom. The number of benzene rings is 2. The van der Waals surface area contributed by atoms with Gasteiger partial charge >= 0.3 is 0 Å². The molecular formula is C22H23N3O3. The molecule has 0 unspecified atom stereocenters. The number of fused-ring (bicyclic) bond motifs is 1. The zero-order chi connectivity index (χ0) is 19.7. The van der Waals surface area contributed by atoms with Crippen molar-refractivity contribution in [3.05, 3.63) is 70.5 Å². The summed E-state index contributed by atoms with van der Waals surface area (Å²) in [5.41, 5.74) is 1.97. The third-order valence-corrected chi connectivity index (χ3v) is 5.33. The van der Waals surface area contributed by atoms with E-state index in [1.165, 1.54) is 0 Å². The van der Waals surface area contributed by atoms with E-state index >= 15 is 0 Å². The molecule has 4 rings (SSSR count). The van der Waals surface area contributed by atoms with Crippen LogP contribution in [0, 0.1) is 0 Å². The normalized spacial score (nSPS) is 14.4. The number of hydrogen-bond donors (Lipinski definition) is 0. The second kappa shape index (κ2) is 7.38. The first kappa shape index (κ1) is 18.1. The van der Waals surface area contributed by atoms with Gasteiger partial charge in [0.15, 0.2) is 0 Å². The number of anilines is 1. The zero-order valence-corrected chi connectivity index (χ0v) is 16.1. The molecule has 0 aliphatic carbocycles. The minimum Gasteiger partial charge on any atom is -0.497 e. The van der Waals surface area contributed by atoms with Crippen molar-refractivity contribution >= 4 is 22.5 Å². The van der Waals surface area contributed by atoms with Crippen LogP contribution in [-0.4, -0.2) is 48.7 Å². The minimum absolute atomic E-state index is 0.194. The zero-order valence-electron chi connectivity index (χ0n) is 16.1. The summed E-state index contributed by atoms with van der Waals surface area (Å²) >= 11 is 0. The number of amides is 1. The highest BCUT2D eigenvalue weighted by atomic mass is 16.5. The summed E-state index contributed by atoms with van der Waals surface area (Å²) in [5.74, 6) is 0.630. The Labute approximate surface area is 163 Å². The fourth-order valence-corrected chi connectivity index (χ4v) is 3.72. The van der Waals surface area contributed by atoms with Crippen LogP contribution in [0.25, 0.3) is 10.9 Å². The number of methoxy groups -OCH3 is 1. The smallest absolute Gasteiger partial charge is 0.259 e. The number of pyridine rings is 1. The maximum Gasteiger partial charge on any atom is 0.259 e. The fraction of sp³-hybridized carbons (Fsp3) is 0.273. The molecular weight excluding hydrogens is 354 g/mol. The lowest BCUT2D eigenvalue weighted by atomic mass is 10.1. The molecule has 2 heterocycles. The van der Waals surface area contributed by atoms with Gasteiger partial charge in [0.05, 0.1) is 12.6 Å². The number of piperazine rings is 1. The second-order valence-corrected chi connectivity index (χ2v) is 6.98. The van der Waals surface area contributed by atoms with Crippen LogP contribution >= 0.6 is 0 Å². The van der Waals surface area contributed by atoms with Gasteiger partial charge in [-0.2, -0.15) is 0 Å². The van der Waals surface area contributed by atoms with Gasteiger partial charge in [0.25, 0.3) is 5.91 Å². The maximum atomic E-state index is 13.0. The Bertz CT molecular complexity index is 1060. The lowest BCUT2D eigenvalue weighted by Crippen LogP contribution is -2.49. The molecule has 28 heavy (non-hydrogen) atoms. The highest BCUT2D eigenvalue weighted by Gasteiger charge is 2.25. The molecule has 1 aromatic heterocycles. The Morgan fingerprint density at radius 3 is 2.32 bits per heavy atom. The van der Waals surface area contributed by atoms with E-state index in [-0.39, 0.29) is 16.9 Å². The van der Waals surface area contributed by atoms with Crippen molar-refractivity contribution in [3.8, 4) is 5.75 Å². The Kier molecular flexibility index (Phi) is 4.77. The predicted octanol–water partition coefficient (Wildman–Crippen LogP) is 2.51. The number of nitrogens with zero attached hydrogens (tertiary/aromatic N) is 3. The van der Waals surface area contributed by atoms with Crippen LogP contribution in [0.5, 0.6) is 5.75 Å². The van der Waals surface area contributed by atoms with Crippen LogP contribution < -0.4 is 15.1 Å². The van der Waals surface area contributed by atoms with Crippen molar-refractivity contribution in [1.29, 1.82) is 0 Å². The molecule has 0 radical (unpaired) electrons. The molecule has 0 spiro atoms. The average Bonchev–Trinajstić information content (AvgIpc) is 2.76. The van der Waals surface area contributed by atoms with Crippen molar-refractivity contribution < 1.29 is 9.53 Å². The van der Waals surface area contributed by atoms with Crippen molar-refractivity contribution in [1.82, 2.24) is 9.47 Å². The first-order chi connectivity index (χ1) is 13.6. The summed E-state index contributed by atoms with van der Waals surface area (Å²) in [7, 11) is 3.51. The largest absolute Gasteiger partial charge is 0.497 e. The van der Waals surface area contributed by atoms with Gasteiger partial charge < -0.3 is 19.1 Å². The maximum absolute atomic E-state index is 13.0. The topological polar surface area (TPSA) is 54.8 Å². The average molecular weight is 377 g/mol. The van der Waals surface area contributed by atoms with E-state index in [0.717, 1.165) is 30.0 Å². The number of aromatic nitrogens is 1. The number of carbonyl (C=O) groups is 1. The highest BCUT2D eigenvalue weighted by molar-refractivity contribution is 5.97. The molecule has 1 aliphatic rings. The van der Waals surface area contributed by atoms with Gasteiger partial charge in [0.1, 0.15) is 11.3 Å². The molecule has 2 aromatic carbocycles. The van der Waals surface area contributed by atoms with Gasteiger partial charge in [-0.15, -0.1) is 0 Å². The summed E-state index contributed by atoms with van der Waals surface area (Å²) in [6.07, 6.45) is 1.66. The molecule has 0 bridgehead atoms. The third kappa shape index (κ3) is 3.22. The molecule has 1 fully saturated rings. The van der Waals surface area contributed by atoms with E-state index in [1.807, 2.05) is 54.1 Å². The molecule has 3 aromatic rings. The van der Waals surface area contributed by atoms with Gasteiger partial charge in [0, 0.05) is 50.5 Å². The standard InChI is InChI=1S/C22H23N3O3/c1-23-15-19(21(26)18-5-3-4-6-20(18)23)22(27)25-13-11-24(12-14-25)16-7-9-17(28-2)10-8-16/h3-10,15H,11-14H2,1-2H3. The molecule has 6 nitrogen and oxygen atoms in total. The molecule has 0 N–H and O–H groups in total. The van der Waals surface area contributed by atoms with E-state index in [1.54, 1.807) is 24.3 Å². The van der Waals surface area contributed by atoms with Gasteiger partial charge in [-0.05, 0) is 36.4 Å². The molecule has 1 aliphatic heterocycles. The number of carbonyl (C=O) groups excluding carboxylic acids is 1. The predicted molar refractivity (Wildman–Crippen MR) is 110 cm³/mol. The van der Waals surface area contributed by atoms with Crippen LogP contribution in [0.4, 0.5) is 5.69 Å². The molecule has 6 heteroatoms. The number of para-hydroxylation sites is 1. The Morgan fingerprint density at radius 1 is 0.964 bits per heavy atom. The quantitative estimate of drug-likeness (QED) is 0.704. The van der Waals surface area contributed by atoms with E-state index in [9.17, 15) is 9.59 Å². The van der Waals surface area contributed by atoms with E-state index < -0.39 is 0 Å². The summed E-state index contributed by atoms with van der Waals surface area (Å²) in [5, 5.41) is 0.577. The molecule has 1 amide bonds. The van der Waals surface area contributed by atoms with E-state index in [0.29, 0.717) is 18.5 Å². The SMILES string of the molecule is COc1ccc(N2CCN(C(=O)c3cn(C)c4ccccc4c3=O)CC2)cc1. The van der Waals surface area contributed by atoms with Crippen LogP contribution in [0.2, 0.25) is 0 Å². The van der Waals surface area contributed by atoms with Gasteiger partial charge in [-0.25, -0.2) is 0 Å².